The molecule has 1 rings (SSSR count). The van der Waals surface area contributed by atoms with Gasteiger partial charge in [-0.2, -0.15) is 0 Å². The lowest BCUT2D eigenvalue weighted by Crippen LogP contribution is -2.17. The maximum atomic E-state index is 5.50. The van der Waals surface area contributed by atoms with Crippen molar-refractivity contribution in [2.45, 2.75) is 51.9 Å². The van der Waals surface area contributed by atoms with Crippen molar-refractivity contribution in [3.05, 3.63) is 29.8 Å². The molecule has 0 radical (unpaired) electrons. The van der Waals surface area contributed by atoms with Gasteiger partial charge in [0.2, 0.25) is 0 Å². The van der Waals surface area contributed by atoms with Gasteiger partial charge in [0.05, 0.1) is 0 Å². The molecule has 0 aliphatic rings. The maximum Gasteiger partial charge on any atom is 0.119 e. The summed E-state index contributed by atoms with van der Waals surface area (Å²) in [6.45, 7) is 8.02. The first-order valence-electron chi connectivity index (χ1n) is 7.03. The molecule has 2 nitrogen and oxygen atoms in total. The van der Waals surface area contributed by atoms with E-state index in [1.807, 2.05) is 12.1 Å². The highest BCUT2D eigenvalue weighted by atomic mass is 16.5. The van der Waals surface area contributed by atoms with Crippen molar-refractivity contribution in [1.82, 2.24) is 0 Å². The van der Waals surface area contributed by atoms with Crippen LogP contribution in [0.3, 0.4) is 0 Å². The molecular formula is C16H27NO. The molecule has 2 N–H and O–H groups in total. The number of ether oxygens (including phenoxy) is 1. The fraction of sp³-hybridized carbons (Fsp3) is 0.625. The van der Waals surface area contributed by atoms with Gasteiger partial charge in [-0.3, -0.25) is 0 Å². The molecule has 102 valence electrons. The van der Waals surface area contributed by atoms with E-state index >= 15 is 0 Å². The number of rotatable bonds is 8. The third-order valence-corrected chi connectivity index (χ3v) is 3.43. The van der Waals surface area contributed by atoms with Gasteiger partial charge in [-0.1, -0.05) is 52.2 Å². The molecule has 0 unspecified atom stereocenters. The SMILES string of the molecule is CCCCCC(C)(C)c1ccc(OCCN)cc1. The van der Waals surface area contributed by atoms with Crippen molar-refractivity contribution in [2.75, 3.05) is 13.2 Å². The first-order valence-corrected chi connectivity index (χ1v) is 7.03. The smallest absolute Gasteiger partial charge is 0.119 e. The van der Waals surface area contributed by atoms with Crippen molar-refractivity contribution in [3.63, 3.8) is 0 Å². The fourth-order valence-corrected chi connectivity index (χ4v) is 2.14. The van der Waals surface area contributed by atoms with E-state index < -0.39 is 0 Å². The van der Waals surface area contributed by atoms with E-state index in [1.165, 1.54) is 31.2 Å². The number of hydrogen-bond donors (Lipinski definition) is 1. The minimum atomic E-state index is 0.252. The summed E-state index contributed by atoms with van der Waals surface area (Å²) in [5, 5.41) is 0. The highest BCUT2D eigenvalue weighted by Gasteiger charge is 2.19. The fourth-order valence-electron chi connectivity index (χ4n) is 2.14. The molecular weight excluding hydrogens is 222 g/mol. The highest BCUT2D eigenvalue weighted by Crippen LogP contribution is 2.30. The lowest BCUT2D eigenvalue weighted by molar-refractivity contribution is 0.328. The molecule has 0 saturated heterocycles. The Morgan fingerprint density at radius 1 is 1.11 bits per heavy atom. The van der Waals surface area contributed by atoms with E-state index in [4.69, 9.17) is 10.5 Å². The summed E-state index contributed by atoms with van der Waals surface area (Å²) < 4.78 is 5.50. The third-order valence-electron chi connectivity index (χ3n) is 3.43. The Kier molecular flexibility index (Phi) is 6.20. The quantitative estimate of drug-likeness (QED) is 0.710. The molecule has 1 aromatic carbocycles. The molecule has 0 aliphatic carbocycles. The molecule has 0 amide bonds. The van der Waals surface area contributed by atoms with Gasteiger partial charge in [-0.15, -0.1) is 0 Å². The Balaban J connectivity index is 2.59. The van der Waals surface area contributed by atoms with Gasteiger partial charge in [-0.05, 0) is 29.5 Å². The molecule has 1 aromatic rings. The van der Waals surface area contributed by atoms with Crippen LogP contribution in [0.4, 0.5) is 0 Å². The summed E-state index contributed by atoms with van der Waals surface area (Å²) in [4.78, 5) is 0. The molecule has 0 aliphatic heterocycles. The van der Waals surface area contributed by atoms with E-state index in [2.05, 4.69) is 32.9 Å². The highest BCUT2D eigenvalue weighted by molar-refractivity contribution is 5.31. The van der Waals surface area contributed by atoms with Crippen LogP contribution in [0.1, 0.15) is 52.0 Å². The number of hydrogen-bond acceptors (Lipinski definition) is 2. The first-order chi connectivity index (χ1) is 8.60. The normalized spacial score (nSPS) is 11.6. The zero-order valence-electron chi connectivity index (χ0n) is 12.0. The second-order valence-electron chi connectivity index (χ2n) is 5.50. The van der Waals surface area contributed by atoms with Gasteiger partial charge in [-0.25, -0.2) is 0 Å². The summed E-state index contributed by atoms with van der Waals surface area (Å²) >= 11 is 0. The van der Waals surface area contributed by atoms with E-state index in [1.54, 1.807) is 0 Å². The van der Waals surface area contributed by atoms with Crippen LogP contribution in [-0.4, -0.2) is 13.2 Å². The van der Waals surface area contributed by atoms with Crippen molar-refractivity contribution in [3.8, 4) is 5.75 Å². The predicted molar refractivity (Wildman–Crippen MR) is 78.2 cm³/mol. The van der Waals surface area contributed by atoms with Gasteiger partial charge in [0.1, 0.15) is 12.4 Å². The summed E-state index contributed by atoms with van der Waals surface area (Å²) in [6.07, 6.45) is 5.14. The van der Waals surface area contributed by atoms with E-state index in [-0.39, 0.29) is 5.41 Å². The maximum absolute atomic E-state index is 5.50. The Labute approximate surface area is 112 Å². The summed E-state index contributed by atoms with van der Waals surface area (Å²) in [5.41, 5.74) is 7.06. The van der Waals surface area contributed by atoms with Gasteiger partial charge in [0.25, 0.3) is 0 Å². The molecule has 0 saturated carbocycles. The van der Waals surface area contributed by atoms with Gasteiger partial charge in [0, 0.05) is 6.54 Å². The second-order valence-corrected chi connectivity index (χ2v) is 5.50. The van der Waals surface area contributed by atoms with Crippen LogP contribution in [0.5, 0.6) is 5.75 Å². The Bertz CT molecular complexity index is 329. The molecule has 0 fully saturated rings. The number of benzene rings is 1. The second kappa shape index (κ2) is 7.42. The minimum Gasteiger partial charge on any atom is -0.492 e. The topological polar surface area (TPSA) is 35.2 Å². The molecule has 0 aromatic heterocycles. The Morgan fingerprint density at radius 3 is 2.33 bits per heavy atom. The molecule has 0 atom stereocenters. The molecule has 0 bridgehead atoms. The van der Waals surface area contributed by atoms with Gasteiger partial charge in [0.15, 0.2) is 0 Å². The first kappa shape index (κ1) is 15.0. The van der Waals surface area contributed by atoms with E-state index in [9.17, 15) is 0 Å². The van der Waals surface area contributed by atoms with Crippen molar-refractivity contribution < 1.29 is 4.74 Å². The van der Waals surface area contributed by atoms with Crippen LogP contribution in [0, 0.1) is 0 Å². The standard InChI is InChI=1S/C16H27NO/c1-4-5-6-11-16(2,3)14-7-9-15(10-8-14)18-13-12-17/h7-10H,4-6,11-13,17H2,1-3H3. The van der Waals surface area contributed by atoms with Gasteiger partial charge < -0.3 is 10.5 Å². The monoisotopic (exact) mass is 249 g/mol. The van der Waals surface area contributed by atoms with Crippen LogP contribution < -0.4 is 10.5 Å². The van der Waals surface area contributed by atoms with Crippen LogP contribution in [0.15, 0.2) is 24.3 Å². The van der Waals surface area contributed by atoms with Crippen LogP contribution in [0.2, 0.25) is 0 Å². The zero-order valence-corrected chi connectivity index (χ0v) is 12.0. The molecule has 0 spiro atoms. The van der Waals surface area contributed by atoms with E-state index in [0.29, 0.717) is 13.2 Å². The van der Waals surface area contributed by atoms with Gasteiger partial charge >= 0.3 is 0 Å². The lowest BCUT2D eigenvalue weighted by Gasteiger charge is -2.25. The van der Waals surface area contributed by atoms with Crippen LogP contribution >= 0.6 is 0 Å². The number of unbranched alkanes of at least 4 members (excludes halogenated alkanes) is 2. The van der Waals surface area contributed by atoms with E-state index in [0.717, 1.165) is 5.75 Å². The Hall–Kier alpha value is -1.02. The molecule has 0 heterocycles. The van der Waals surface area contributed by atoms with Crippen LogP contribution in [0.25, 0.3) is 0 Å². The average Bonchev–Trinajstić information content (AvgIpc) is 2.37. The lowest BCUT2D eigenvalue weighted by atomic mass is 9.80. The average molecular weight is 249 g/mol. The number of nitrogens with two attached hydrogens (primary N) is 1. The van der Waals surface area contributed by atoms with Crippen molar-refractivity contribution in [1.29, 1.82) is 0 Å². The zero-order chi connectivity index (χ0) is 13.4. The van der Waals surface area contributed by atoms with Crippen molar-refractivity contribution >= 4 is 0 Å². The third kappa shape index (κ3) is 4.69. The summed E-state index contributed by atoms with van der Waals surface area (Å²) in [5.74, 6) is 0.911. The molecule has 18 heavy (non-hydrogen) atoms. The minimum absolute atomic E-state index is 0.252. The molecule has 2 heteroatoms. The largest absolute Gasteiger partial charge is 0.492 e. The summed E-state index contributed by atoms with van der Waals surface area (Å²) in [6, 6.07) is 8.45. The van der Waals surface area contributed by atoms with Crippen LogP contribution in [-0.2, 0) is 5.41 Å². The predicted octanol–water partition coefficient (Wildman–Crippen LogP) is 3.88. The summed E-state index contributed by atoms with van der Waals surface area (Å²) in [7, 11) is 0. The van der Waals surface area contributed by atoms with Crippen molar-refractivity contribution in [2.24, 2.45) is 5.73 Å². The Morgan fingerprint density at radius 2 is 1.78 bits per heavy atom.